The van der Waals surface area contributed by atoms with Gasteiger partial charge in [0.05, 0.1) is 11.4 Å². The van der Waals surface area contributed by atoms with Gasteiger partial charge in [0.2, 0.25) is 0 Å². The van der Waals surface area contributed by atoms with Crippen LogP contribution in [0, 0.1) is 5.92 Å². The number of likely N-dealkylation sites (tertiary alicyclic amines) is 1. The minimum Gasteiger partial charge on any atom is -0.488 e. The highest BCUT2D eigenvalue weighted by Gasteiger charge is 2.42. The predicted octanol–water partition coefficient (Wildman–Crippen LogP) is 5.14. The number of rotatable bonds is 6. The van der Waals surface area contributed by atoms with Gasteiger partial charge in [-0.05, 0) is 74.9 Å². The summed E-state index contributed by atoms with van der Waals surface area (Å²) in [5.41, 5.74) is 4.04. The van der Waals surface area contributed by atoms with Crippen LogP contribution < -0.4 is 4.74 Å². The van der Waals surface area contributed by atoms with Crippen LogP contribution in [0.1, 0.15) is 65.5 Å². The molecule has 2 heterocycles. The van der Waals surface area contributed by atoms with E-state index < -0.39 is 30.3 Å². The summed E-state index contributed by atoms with van der Waals surface area (Å²) >= 11 is 3.45. The van der Waals surface area contributed by atoms with E-state index in [2.05, 4.69) is 15.9 Å². The van der Waals surface area contributed by atoms with E-state index >= 15 is 0 Å². The van der Waals surface area contributed by atoms with Gasteiger partial charge in [-0.2, -0.15) is 0 Å². The molecule has 3 atom stereocenters. The van der Waals surface area contributed by atoms with Crippen LogP contribution in [0.2, 0.25) is 0 Å². The summed E-state index contributed by atoms with van der Waals surface area (Å²) in [4.78, 5) is 52.6. The van der Waals surface area contributed by atoms with Crippen LogP contribution in [-0.4, -0.2) is 71.9 Å². The van der Waals surface area contributed by atoms with Gasteiger partial charge >= 0.3 is 12.1 Å². The molecule has 0 spiro atoms. The molecule has 2 aliphatic heterocycles. The summed E-state index contributed by atoms with van der Waals surface area (Å²) < 4.78 is 22.1. The number of amides is 1. The first kappa shape index (κ1) is 29.3. The summed E-state index contributed by atoms with van der Waals surface area (Å²) in [6.45, 7) is 5.77. The fourth-order valence-electron chi connectivity index (χ4n) is 5.62. The van der Waals surface area contributed by atoms with E-state index in [0.717, 1.165) is 35.1 Å². The fourth-order valence-corrected chi connectivity index (χ4v) is 6.09. The van der Waals surface area contributed by atoms with Gasteiger partial charge in [-0.1, -0.05) is 28.1 Å². The van der Waals surface area contributed by atoms with Crippen LogP contribution in [0.4, 0.5) is 4.79 Å². The van der Waals surface area contributed by atoms with E-state index in [0.29, 0.717) is 36.4 Å². The third-order valence-electron chi connectivity index (χ3n) is 7.56. The summed E-state index contributed by atoms with van der Waals surface area (Å²) in [5, 5.41) is 0. The maximum absolute atomic E-state index is 13.0. The number of hydrogen-bond acceptors (Lipinski definition) is 8. The van der Waals surface area contributed by atoms with Gasteiger partial charge < -0.3 is 18.9 Å². The Morgan fingerprint density at radius 3 is 2.59 bits per heavy atom. The third-order valence-corrected chi connectivity index (χ3v) is 8.43. The van der Waals surface area contributed by atoms with E-state index in [1.54, 1.807) is 40.0 Å². The lowest BCUT2D eigenvalue weighted by Crippen LogP contribution is -2.44. The Balaban J connectivity index is 1.27. The van der Waals surface area contributed by atoms with Crippen LogP contribution in [0.5, 0.6) is 5.75 Å². The Hall–Kier alpha value is -3.24. The fraction of sp³-hybridized carbons (Fsp3) is 0.484. The molecule has 1 saturated heterocycles. The number of ketones is 2. The standard InChI is InChI=1S/C31H34BrNO8/c1-31(2,3)41-30(37)33-13-17(14-38-4)9-25(33)29(36)40-16-26(34)19-5-7-21-20(10-19)15-39-27-12-22-18(11-23(21)27)6-8-24(32)28(22)35/h5,7,10-12,17,24-25H,6,8-9,13-16H2,1-4H3/t17-,24?,25-/m0/s1. The number of fused-ring (bicyclic) bond motifs is 4. The van der Waals surface area contributed by atoms with E-state index in [1.807, 2.05) is 18.2 Å². The molecule has 41 heavy (non-hydrogen) atoms. The van der Waals surface area contributed by atoms with E-state index in [9.17, 15) is 19.2 Å². The average molecular weight is 629 g/mol. The minimum absolute atomic E-state index is 0.0473. The number of alkyl halides is 1. The molecule has 2 aromatic carbocycles. The van der Waals surface area contributed by atoms with Gasteiger partial charge in [0.25, 0.3) is 0 Å². The highest BCUT2D eigenvalue weighted by atomic mass is 79.9. The normalized spacial score (nSPS) is 21.3. The zero-order valence-electron chi connectivity index (χ0n) is 23.7. The Labute approximate surface area is 247 Å². The number of Topliss-reactive ketones (excluding diaryl/α,β-unsaturated/α-hetero) is 2. The molecule has 9 nitrogen and oxygen atoms in total. The minimum atomic E-state index is -0.858. The lowest BCUT2D eigenvalue weighted by molar-refractivity contribution is -0.147. The number of aryl methyl sites for hydroxylation is 1. The van der Waals surface area contributed by atoms with Crippen LogP contribution >= 0.6 is 15.9 Å². The molecule has 1 fully saturated rings. The Morgan fingerprint density at radius 2 is 1.85 bits per heavy atom. The number of nitrogens with zero attached hydrogens (tertiary/aromatic N) is 1. The second-order valence-electron chi connectivity index (χ2n) is 11.8. The maximum Gasteiger partial charge on any atom is 0.411 e. The van der Waals surface area contributed by atoms with Crippen molar-refractivity contribution in [2.75, 3.05) is 26.9 Å². The van der Waals surface area contributed by atoms with Crippen molar-refractivity contribution >= 4 is 39.6 Å². The van der Waals surface area contributed by atoms with E-state index in [1.165, 1.54) is 4.90 Å². The quantitative estimate of drug-likeness (QED) is 0.246. The first-order valence-electron chi connectivity index (χ1n) is 13.7. The first-order valence-corrected chi connectivity index (χ1v) is 14.7. The van der Waals surface area contributed by atoms with Crippen molar-refractivity contribution in [1.82, 2.24) is 4.90 Å². The molecular weight excluding hydrogens is 594 g/mol. The highest BCUT2D eigenvalue weighted by Crippen LogP contribution is 2.41. The zero-order valence-corrected chi connectivity index (χ0v) is 25.2. The molecule has 0 saturated carbocycles. The molecule has 5 rings (SSSR count). The number of methoxy groups -OCH3 is 1. The number of halogens is 1. The Morgan fingerprint density at radius 1 is 1.07 bits per heavy atom. The molecule has 1 amide bonds. The summed E-state index contributed by atoms with van der Waals surface area (Å²) in [7, 11) is 1.57. The van der Waals surface area contributed by atoms with Gasteiger partial charge in [0.1, 0.15) is 24.0 Å². The van der Waals surface area contributed by atoms with Crippen molar-refractivity contribution in [2.24, 2.45) is 5.92 Å². The summed E-state index contributed by atoms with van der Waals surface area (Å²) in [6, 6.07) is 8.31. The molecule has 10 heteroatoms. The topological polar surface area (TPSA) is 108 Å². The smallest absolute Gasteiger partial charge is 0.411 e. The van der Waals surface area contributed by atoms with Gasteiger partial charge in [0.15, 0.2) is 18.2 Å². The maximum atomic E-state index is 13.0. The first-order chi connectivity index (χ1) is 19.4. The molecular formula is C31H34BrNO8. The molecule has 0 aromatic heterocycles. The van der Waals surface area contributed by atoms with Gasteiger partial charge in [-0.25, -0.2) is 9.59 Å². The average Bonchev–Trinajstić information content (AvgIpc) is 3.36. The van der Waals surface area contributed by atoms with Crippen molar-refractivity contribution in [3.8, 4) is 16.9 Å². The van der Waals surface area contributed by atoms with Gasteiger partial charge in [0, 0.05) is 36.3 Å². The molecule has 0 radical (unpaired) electrons. The number of ether oxygens (including phenoxy) is 4. The van der Waals surface area contributed by atoms with Crippen LogP contribution in [0.15, 0.2) is 30.3 Å². The molecule has 0 bridgehead atoms. The Bertz CT molecular complexity index is 1400. The molecule has 2 aromatic rings. The summed E-state index contributed by atoms with van der Waals surface area (Å²) in [6.07, 6.45) is 1.30. The van der Waals surface area contributed by atoms with Crippen LogP contribution in [0.3, 0.4) is 0 Å². The predicted molar refractivity (Wildman–Crippen MR) is 154 cm³/mol. The second kappa shape index (κ2) is 11.6. The number of carbonyl (C=O) groups is 4. The molecule has 0 N–H and O–H groups in total. The lowest BCUT2D eigenvalue weighted by Gasteiger charge is -2.27. The van der Waals surface area contributed by atoms with Gasteiger partial charge in [-0.15, -0.1) is 0 Å². The van der Waals surface area contributed by atoms with Crippen LogP contribution in [-0.2, 0) is 32.0 Å². The lowest BCUT2D eigenvalue weighted by atomic mass is 9.85. The van der Waals surface area contributed by atoms with Crippen LogP contribution in [0.25, 0.3) is 11.1 Å². The largest absolute Gasteiger partial charge is 0.488 e. The van der Waals surface area contributed by atoms with Crippen molar-refractivity contribution in [3.63, 3.8) is 0 Å². The number of benzene rings is 2. The second-order valence-corrected chi connectivity index (χ2v) is 12.9. The highest BCUT2D eigenvalue weighted by molar-refractivity contribution is 9.10. The Kier molecular flexibility index (Phi) is 8.25. The molecule has 3 aliphatic rings. The van der Waals surface area contributed by atoms with Gasteiger partial charge in [-0.3, -0.25) is 14.5 Å². The summed E-state index contributed by atoms with van der Waals surface area (Å²) in [5.74, 6) is -0.337. The van der Waals surface area contributed by atoms with E-state index in [4.69, 9.17) is 18.9 Å². The molecule has 1 aliphatic carbocycles. The number of esters is 1. The zero-order chi connectivity index (χ0) is 29.5. The van der Waals surface area contributed by atoms with Crippen molar-refractivity contribution < 1.29 is 38.1 Å². The SMILES string of the molecule is COC[C@H]1C[C@@H](C(=O)OCC(=O)c2ccc3c(c2)COc2cc4c(cc2-3)CCC(Br)C4=O)N(C(=O)OC(C)(C)C)C1. The number of hydrogen-bond donors (Lipinski definition) is 0. The van der Waals surface area contributed by atoms with Crippen molar-refractivity contribution in [2.45, 2.75) is 63.1 Å². The van der Waals surface area contributed by atoms with Crippen molar-refractivity contribution in [1.29, 1.82) is 0 Å². The van der Waals surface area contributed by atoms with Crippen molar-refractivity contribution in [3.05, 3.63) is 52.6 Å². The number of carbonyl (C=O) groups excluding carboxylic acids is 4. The molecule has 218 valence electrons. The molecule has 1 unspecified atom stereocenters. The monoisotopic (exact) mass is 627 g/mol. The van der Waals surface area contributed by atoms with E-state index in [-0.39, 0.29) is 28.9 Å². The third kappa shape index (κ3) is 6.18.